The van der Waals surface area contributed by atoms with Crippen LogP contribution in [-0.4, -0.2) is 32.9 Å². The van der Waals surface area contributed by atoms with Crippen LogP contribution in [0.25, 0.3) is 0 Å². The molecule has 0 radical (unpaired) electrons. The molecule has 1 aromatic rings. The van der Waals surface area contributed by atoms with Gasteiger partial charge in [-0.15, -0.1) is 5.10 Å². The molecule has 1 unspecified atom stereocenters. The molecule has 62 valence electrons. The molecule has 5 nitrogen and oxygen atoms in total. The lowest BCUT2D eigenvalue weighted by Gasteiger charge is -2.05. The van der Waals surface area contributed by atoms with Crippen LogP contribution in [0.2, 0.25) is 0 Å². The van der Waals surface area contributed by atoms with Crippen LogP contribution in [0.1, 0.15) is 0 Å². The smallest absolute Gasteiger partial charge is 0.142 e. The minimum absolute atomic E-state index is 0.0440. The van der Waals surface area contributed by atoms with E-state index in [1.54, 1.807) is 0 Å². The molecule has 0 saturated carbocycles. The van der Waals surface area contributed by atoms with E-state index < -0.39 is 12.8 Å². The van der Waals surface area contributed by atoms with Crippen molar-refractivity contribution in [3.05, 3.63) is 6.20 Å². The Labute approximate surface area is 62.6 Å². The molecule has 1 atom stereocenters. The van der Waals surface area contributed by atoms with E-state index in [4.69, 9.17) is 10.8 Å². The first-order valence-electron chi connectivity index (χ1n) is 3.12. The number of nitrogens with two attached hydrogens (primary N) is 1. The van der Waals surface area contributed by atoms with E-state index >= 15 is 0 Å². The van der Waals surface area contributed by atoms with Gasteiger partial charge in [-0.25, -0.2) is 9.07 Å². The lowest BCUT2D eigenvalue weighted by atomic mass is 10.4. The van der Waals surface area contributed by atoms with Gasteiger partial charge in [0.25, 0.3) is 0 Å². The first kappa shape index (κ1) is 7.93. The van der Waals surface area contributed by atoms with Gasteiger partial charge in [0.2, 0.25) is 0 Å². The summed E-state index contributed by atoms with van der Waals surface area (Å²) in [4.78, 5) is 0. The maximum atomic E-state index is 11.8. The SMILES string of the molecule is Nc1cnnn1CC(O)CF. The average Bonchev–Trinajstić information content (AvgIpc) is 2.37. The molecule has 0 aliphatic carbocycles. The van der Waals surface area contributed by atoms with Crippen molar-refractivity contribution >= 4 is 5.82 Å². The van der Waals surface area contributed by atoms with Crippen molar-refractivity contribution < 1.29 is 9.50 Å². The second-order valence-electron chi connectivity index (χ2n) is 2.15. The van der Waals surface area contributed by atoms with Crippen LogP contribution in [0.5, 0.6) is 0 Å². The standard InChI is InChI=1S/C5H9FN4O/c6-1-4(11)3-10-5(7)2-8-9-10/h2,4,11H,1,3,7H2. The van der Waals surface area contributed by atoms with Crippen LogP contribution in [0.4, 0.5) is 10.2 Å². The Kier molecular flexibility index (Phi) is 2.37. The number of aromatic nitrogens is 3. The van der Waals surface area contributed by atoms with Crippen molar-refractivity contribution in [2.45, 2.75) is 12.6 Å². The number of hydrogen-bond donors (Lipinski definition) is 2. The fraction of sp³-hybridized carbons (Fsp3) is 0.600. The van der Waals surface area contributed by atoms with Crippen molar-refractivity contribution in [3.63, 3.8) is 0 Å². The maximum Gasteiger partial charge on any atom is 0.142 e. The summed E-state index contributed by atoms with van der Waals surface area (Å²) in [6.07, 6.45) is 0.282. The third-order valence-electron chi connectivity index (χ3n) is 1.21. The third-order valence-corrected chi connectivity index (χ3v) is 1.21. The van der Waals surface area contributed by atoms with E-state index in [9.17, 15) is 4.39 Å². The minimum Gasteiger partial charge on any atom is -0.388 e. The lowest BCUT2D eigenvalue weighted by molar-refractivity contribution is 0.118. The summed E-state index contributed by atoms with van der Waals surface area (Å²) >= 11 is 0. The number of rotatable bonds is 3. The molecule has 0 spiro atoms. The van der Waals surface area contributed by atoms with Crippen LogP contribution >= 0.6 is 0 Å². The van der Waals surface area contributed by atoms with E-state index in [0.29, 0.717) is 5.82 Å². The van der Waals surface area contributed by atoms with Gasteiger partial charge in [0.05, 0.1) is 12.7 Å². The van der Waals surface area contributed by atoms with E-state index in [1.807, 2.05) is 0 Å². The molecule has 0 amide bonds. The Bertz CT molecular complexity index is 226. The molecule has 0 bridgehead atoms. The highest BCUT2D eigenvalue weighted by Crippen LogP contribution is 1.98. The number of nitrogens with zero attached hydrogens (tertiary/aromatic N) is 3. The Hall–Kier alpha value is -1.17. The number of anilines is 1. The Morgan fingerprint density at radius 3 is 3.00 bits per heavy atom. The summed E-state index contributed by atoms with van der Waals surface area (Å²) < 4.78 is 13.0. The number of aliphatic hydroxyl groups excluding tert-OH is 1. The third kappa shape index (κ3) is 1.87. The number of alkyl halides is 1. The molecule has 1 rings (SSSR count). The molecule has 11 heavy (non-hydrogen) atoms. The quantitative estimate of drug-likeness (QED) is 0.606. The summed E-state index contributed by atoms with van der Waals surface area (Å²) in [5, 5.41) is 15.8. The predicted molar refractivity (Wildman–Crippen MR) is 36.4 cm³/mol. The second kappa shape index (κ2) is 3.29. The highest BCUT2D eigenvalue weighted by Gasteiger charge is 2.06. The van der Waals surface area contributed by atoms with E-state index in [2.05, 4.69) is 10.3 Å². The molecular weight excluding hydrogens is 151 g/mol. The van der Waals surface area contributed by atoms with Crippen molar-refractivity contribution in [1.82, 2.24) is 15.0 Å². The van der Waals surface area contributed by atoms with E-state index in [0.717, 1.165) is 0 Å². The molecule has 0 aromatic carbocycles. The lowest BCUT2D eigenvalue weighted by Crippen LogP contribution is -2.19. The second-order valence-corrected chi connectivity index (χ2v) is 2.15. The van der Waals surface area contributed by atoms with Gasteiger partial charge < -0.3 is 10.8 Å². The minimum atomic E-state index is -1.06. The van der Waals surface area contributed by atoms with Gasteiger partial charge in [0.1, 0.15) is 18.6 Å². The number of aliphatic hydroxyl groups is 1. The summed E-state index contributed by atoms with van der Waals surface area (Å²) in [5.74, 6) is 0.317. The van der Waals surface area contributed by atoms with Crippen LogP contribution in [0.15, 0.2) is 6.20 Å². The van der Waals surface area contributed by atoms with Gasteiger partial charge in [-0.2, -0.15) is 0 Å². The van der Waals surface area contributed by atoms with Crippen molar-refractivity contribution in [1.29, 1.82) is 0 Å². The Morgan fingerprint density at radius 1 is 1.82 bits per heavy atom. The molecule has 0 fully saturated rings. The zero-order valence-electron chi connectivity index (χ0n) is 5.81. The molecule has 1 aromatic heterocycles. The van der Waals surface area contributed by atoms with Gasteiger partial charge in [-0.05, 0) is 0 Å². The number of hydrogen-bond acceptors (Lipinski definition) is 4. The van der Waals surface area contributed by atoms with Crippen molar-refractivity contribution in [3.8, 4) is 0 Å². The fourth-order valence-corrected chi connectivity index (χ4v) is 0.656. The zero-order valence-corrected chi connectivity index (χ0v) is 5.81. The monoisotopic (exact) mass is 160 g/mol. The zero-order chi connectivity index (χ0) is 8.27. The Morgan fingerprint density at radius 2 is 2.55 bits per heavy atom. The van der Waals surface area contributed by atoms with E-state index in [-0.39, 0.29) is 6.54 Å². The predicted octanol–water partition coefficient (Wildman–Crippen LogP) is -0.809. The highest BCUT2D eigenvalue weighted by atomic mass is 19.1. The molecule has 6 heteroatoms. The fourth-order valence-electron chi connectivity index (χ4n) is 0.656. The molecular formula is C5H9FN4O. The summed E-state index contributed by atoms with van der Waals surface area (Å²) in [5.41, 5.74) is 5.35. The molecule has 0 aliphatic heterocycles. The summed E-state index contributed by atoms with van der Waals surface area (Å²) in [6.45, 7) is -0.762. The van der Waals surface area contributed by atoms with E-state index in [1.165, 1.54) is 10.9 Å². The van der Waals surface area contributed by atoms with Crippen LogP contribution in [-0.2, 0) is 6.54 Å². The van der Waals surface area contributed by atoms with Crippen molar-refractivity contribution in [2.75, 3.05) is 12.4 Å². The molecule has 0 aliphatic rings. The molecule has 0 saturated heterocycles. The summed E-state index contributed by atoms with van der Waals surface area (Å²) in [6, 6.07) is 0. The topological polar surface area (TPSA) is 77.0 Å². The van der Waals surface area contributed by atoms with Crippen LogP contribution in [0.3, 0.4) is 0 Å². The van der Waals surface area contributed by atoms with Gasteiger partial charge in [-0.3, -0.25) is 0 Å². The van der Waals surface area contributed by atoms with Gasteiger partial charge >= 0.3 is 0 Å². The number of nitrogen functional groups attached to an aromatic ring is 1. The Balaban J connectivity index is 2.56. The average molecular weight is 160 g/mol. The van der Waals surface area contributed by atoms with Gasteiger partial charge in [0.15, 0.2) is 0 Å². The largest absolute Gasteiger partial charge is 0.388 e. The number of halogens is 1. The molecule has 3 N–H and O–H groups in total. The van der Waals surface area contributed by atoms with Gasteiger partial charge in [0, 0.05) is 0 Å². The van der Waals surface area contributed by atoms with Crippen LogP contribution in [0, 0.1) is 0 Å². The van der Waals surface area contributed by atoms with Crippen LogP contribution < -0.4 is 5.73 Å². The highest BCUT2D eigenvalue weighted by molar-refractivity contribution is 5.21. The van der Waals surface area contributed by atoms with Gasteiger partial charge in [-0.1, -0.05) is 5.21 Å². The molecule has 1 heterocycles. The summed E-state index contributed by atoms with van der Waals surface area (Å²) in [7, 11) is 0. The first-order valence-corrected chi connectivity index (χ1v) is 3.12. The first-order chi connectivity index (χ1) is 5.24. The normalized spacial score (nSPS) is 13.3. The van der Waals surface area contributed by atoms with Crippen molar-refractivity contribution in [2.24, 2.45) is 0 Å². The maximum absolute atomic E-state index is 11.8.